The van der Waals surface area contributed by atoms with Crippen molar-refractivity contribution in [3.8, 4) is 0 Å². The predicted octanol–water partition coefficient (Wildman–Crippen LogP) is 2.01. The molecule has 0 saturated heterocycles. The van der Waals surface area contributed by atoms with E-state index in [0.717, 1.165) is 25.9 Å². The Morgan fingerprint density at radius 2 is 1.61 bits per heavy atom. The normalized spacial score (nSPS) is 12.5. The summed E-state index contributed by atoms with van der Waals surface area (Å²) in [5.74, 6) is 0. The van der Waals surface area contributed by atoms with Gasteiger partial charge < -0.3 is 21.1 Å². The summed E-state index contributed by atoms with van der Waals surface area (Å²) in [5, 5.41) is 18.5. The third-order valence-electron chi connectivity index (χ3n) is 2.22. The summed E-state index contributed by atoms with van der Waals surface area (Å²) in [5.41, 5.74) is 6.14. The molecular formula is C13H35BN2O2. The highest BCUT2D eigenvalue weighted by molar-refractivity contribution is 6.38. The molecule has 0 spiro atoms. The zero-order valence-corrected chi connectivity index (χ0v) is 13.3. The molecule has 0 radical (unpaired) electrons. The molecule has 0 aromatic rings. The minimum absolute atomic E-state index is 0.0399. The van der Waals surface area contributed by atoms with Crippen LogP contribution in [0.4, 0.5) is 0 Å². The Hall–Kier alpha value is -0.0951. The van der Waals surface area contributed by atoms with Crippen LogP contribution in [0, 0.1) is 0 Å². The van der Waals surface area contributed by atoms with Gasteiger partial charge in [0.25, 0.3) is 0 Å². The molecular weight excluding hydrogens is 227 g/mol. The largest absolute Gasteiger partial charge is 0.448 e. The predicted molar refractivity (Wildman–Crippen MR) is 82.7 cm³/mol. The first-order valence-electron chi connectivity index (χ1n) is 7.21. The van der Waals surface area contributed by atoms with E-state index >= 15 is 0 Å². The molecule has 0 bridgehead atoms. The van der Waals surface area contributed by atoms with Crippen molar-refractivity contribution in [2.24, 2.45) is 5.73 Å². The monoisotopic (exact) mass is 262 g/mol. The molecule has 0 saturated carbocycles. The third-order valence-corrected chi connectivity index (χ3v) is 2.22. The second-order valence-corrected chi connectivity index (χ2v) is 4.49. The minimum atomic E-state index is -1.17. The molecule has 0 aromatic carbocycles. The topological polar surface area (TPSA) is 78.5 Å². The van der Waals surface area contributed by atoms with Crippen molar-refractivity contribution in [1.82, 2.24) is 5.32 Å². The lowest BCUT2D eigenvalue weighted by molar-refractivity contribution is 0.380. The molecule has 0 fully saturated rings. The fraction of sp³-hybridized carbons (Fsp3) is 1.00. The number of hydrogen-bond donors (Lipinski definition) is 4. The fourth-order valence-corrected chi connectivity index (χ4v) is 1.26. The Kier molecular flexibility index (Phi) is 21.6. The van der Waals surface area contributed by atoms with E-state index in [1.54, 1.807) is 0 Å². The highest BCUT2D eigenvalue weighted by Gasteiger charge is 2.16. The summed E-state index contributed by atoms with van der Waals surface area (Å²) in [6.45, 7) is 13.9. The molecule has 18 heavy (non-hydrogen) atoms. The molecule has 0 amide bonds. The van der Waals surface area contributed by atoms with E-state index in [9.17, 15) is 0 Å². The van der Waals surface area contributed by atoms with Crippen LogP contribution in [-0.2, 0) is 0 Å². The van der Waals surface area contributed by atoms with E-state index in [1.807, 2.05) is 13.8 Å². The molecule has 5 N–H and O–H groups in total. The maximum absolute atomic E-state index is 7.61. The molecule has 5 heteroatoms. The van der Waals surface area contributed by atoms with Gasteiger partial charge in [0, 0.05) is 5.54 Å². The lowest BCUT2D eigenvalue weighted by atomic mass is 9.92. The fourth-order valence-electron chi connectivity index (χ4n) is 1.26. The number of nitrogens with one attached hydrogen (secondary N) is 1. The third kappa shape index (κ3) is 29.7. The summed E-state index contributed by atoms with van der Waals surface area (Å²) in [6.07, 6.45) is 4.73. The van der Waals surface area contributed by atoms with E-state index in [2.05, 4.69) is 26.1 Å². The first kappa shape index (κ1) is 23.0. The van der Waals surface area contributed by atoms with Crippen molar-refractivity contribution < 1.29 is 10.0 Å². The van der Waals surface area contributed by atoms with E-state index in [-0.39, 0.29) is 5.54 Å². The van der Waals surface area contributed by atoms with Crippen LogP contribution in [0.15, 0.2) is 0 Å². The van der Waals surface area contributed by atoms with Crippen LogP contribution in [0.5, 0.6) is 0 Å². The maximum Gasteiger partial charge on any atom is 0.448 e. The smallest absolute Gasteiger partial charge is 0.427 e. The Labute approximate surface area is 115 Å². The van der Waals surface area contributed by atoms with Crippen LogP contribution in [0.25, 0.3) is 0 Å². The zero-order chi connectivity index (χ0) is 15.0. The van der Waals surface area contributed by atoms with Crippen LogP contribution in [-0.4, -0.2) is 35.8 Å². The Morgan fingerprint density at radius 3 is 1.94 bits per heavy atom. The number of rotatable bonds is 7. The lowest BCUT2D eigenvalue weighted by Crippen LogP contribution is -2.39. The Morgan fingerprint density at radius 1 is 1.17 bits per heavy atom. The van der Waals surface area contributed by atoms with Gasteiger partial charge in [-0.25, -0.2) is 0 Å². The van der Waals surface area contributed by atoms with Crippen LogP contribution in [0.1, 0.15) is 60.3 Å². The highest BCUT2D eigenvalue weighted by Crippen LogP contribution is 2.13. The molecule has 4 nitrogen and oxygen atoms in total. The molecule has 0 aliphatic carbocycles. The maximum atomic E-state index is 7.61. The van der Waals surface area contributed by atoms with Gasteiger partial charge in [0.05, 0.1) is 0 Å². The summed E-state index contributed by atoms with van der Waals surface area (Å²) in [7, 11) is -1.17. The summed E-state index contributed by atoms with van der Waals surface area (Å²) in [6, 6.07) is 0. The number of nitrogens with two attached hydrogens (primary N) is 1. The first-order valence-corrected chi connectivity index (χ1v) is 7.21. The van der Waals surface area contributed by atoms with Gasteiger partial charge in [-0.1, -0.05) is 40.5 Å². The van der Waals surface area contributed by atoms with Gasteiger partial charge in [0.1, 0.15) is 0 Å². The molecule has 1 atom stereocenters. The average Bonchev–Trinajstić information content (AvgIpc) is 2.29. The molecule has 0 aromatic heterocycles. The summed E-state index contributed by atoms with van der Waals surface area (Å²) in [4.78, 5) is 0. The molecule has 112 valence electrons. The van der Waals surface area contributed by atoms with Gasteiger partial charge in [-0.2, -0.15) is 0 Å². The quantitative estimate of drug-likeness (QED) is 0.418. The van der Waals surface area contributed by atoms with E-state index < -0.39 is 7.12 Å². The standard InChI is InChI=1S/C10H24N2.C2H6.CH5BO2/c1-4-6-7-10(3,11)8-9-12-5-2;1-2;1-2(3)4/h12H,4-9,11H2,1-3H3;1-2H3;3-4H,1H3. The zero-order valence-electron chi connectivity index (χ0n) is 13.3. The van der Waals surface area contributed by atoms with Crippen molar-refractivity contribution in [2.75, 3.05) is 13.1 Å². The summed E-state index contributed by atoms with van der Waals surface area (Å²) < 4.78 is 0. The SMILES string of the molecule is CB(O)O.CC.CCCCC(C)(N)CCNCC. The van der Waals surface area contributed by atoms with Gasteiger partial charge in [-0.15, -0.1) is 0 Å². The molecule has 0 rings (SSSR count). The molecule has 0 aliphatic heterocycles. The van der Waals surface area contributed by atoms with Gasteiger partial charge in [0.15, 0.2) is 0 Å². The van der Waals surface area contributed by atoms with Crippen LogP contribution < -0.4 is 11.1 Å². The Bertz CT molecular complexity index is 142. The lowest BCUT2D eigenvalue weighted by Gasteiger charge is -2.24. The Balaban J connectivity index is -0.000000317. The van der Waals surface area contributed by atoms with Crippen LogP contribution in [0.2, 0.25) is 6.82 Å². The van der Waals surface area contributed by atoms with Crippen LogP contribution >= 0.6 is 0 Å². The van der Waals surface area contributed by atoms with Crippen molar-refractivity contribution in [2.45, 2.75) is 72.7 Å². The van der Waals surface area contributed by atoms with Crippen LogP contribution in [0.3, 0.4) is 0 Å². The van der Waals surface area contributed by atoms with E-state index in [1.165, 1.54) is 19.7 Å². The van der Waals surface area contributed by atoms with Gasteiger partial charge >= 0.3 is 7.12 Å². The van der Waals surface area contributed by atoms with E-state index in [4.69, 9.17) is 15.8 Å². The molecule has 0 heterocycles. The second kappa shape index (κ2) is 16.9. The van der Waals surface area contributed by atoms with Crippen molar-refractivity contribution in [1.29, 1.82) is 0 Å². The number of unbranched alkanes of at least 4 members (excludes halogenated alkanes) is 1. The second-order valence-electron chi connectivity index (χ2n) is 4.49. The van der Waals surface area contributed by atoms with Crippen molar-refractivity contribution >= 4 is 7.12 Å². The van der Waals surface area contributed by atoms with Gasteiger partial charge in [0.2, 0.25) is 0 Å². The number of hydrogen-bond acceptors (Lipinski definition) is 4. The van der Waals surface area contributed by atoms with Gasteiger partial charge in [-0.05, 0) is 39.7 Å². The average molecular weight is 262 g/mol. The molecule has 1 unspecified atom stereocenters. The van der Waals surface area contributed by atoms with Gasteiger partial charge in [-0.3, -0.25) is 0 Å². The van der Waals surface area contributed by atoms with Crippen molar-refractivity contribution in [3.63, 3.8) is 0 Å². The minimum Gasteiger partial charge on any atom is -0.427 e. The van der Waals surface area contributed by atoms with Crippen molar-refractivity contribution in [3.05, 3.63) is 0 Å². The van der Waals surface area contributed by atoms with E-state index in [0.29, 0.717) is 0 Å². The first-order chi connectivity index (χ1) is 8.35. The summed E-state index contributed by atoms with van der Waals surface area (Å²) >= 11 is 0. The highest BCUT2D eigenvalue weighted by atomic mass is 16.4. The molecule has 0 aliphatic rings.